The first-order chi connectivity index (χ1) is 11.8. The van der Waals surface area contributed by atoms with Crippen LogP contribution in [0.4, 0.5) is 4.79 Å². The number of nitrogens with zero attached hydrogens (tertiary/aromatic N) is 2. The molecule has 2 amide bonds. The van der Waals surface area contributed by atoms with Crippen molar-refractivity contribution < 1.29 is 14.6 Å². The predicted octanol–water partition coefficient (Wildman–Crippen LogP) is 1.82. The van der Waals surface area contributed by atoms with Crippen molar-refractivity contribution in [3.05, 3.63) is 35.4 Å². The standard InChI is InChI=1S/C19H31N3O3/c1-15-12-21(8-9-22(15)14-19(2,3)24)18(23)20-11-16-6-5-7-17(10-16)13-25-4/h5-7,10,15,24H,8-9,11-14H2,1-4H3,(H,20,23). The molecule has 0 spiro atoms. The number of ether oxygens (including phenoxy) is 1. The monoisotopic (exact) mass is 349 g/mol. The summed E-state index contributed by atoms with van der Waals surface area (Å²) in [5.74, 6) is 0. The Morgan fingerprint density at radius 2 is 2.08 bits per heavy atom. The number of hydrogen-bond donors (Lipinski definition) is 2. The van der Waals surface area contributed by atoms with Crippen LogP contribution in [0, 0.1) is 0 Å². The minimum Gasteiger partial charge on any atom is -0.389 e. The number of piperazine rings is 1. The summed E-state index contributed by atoms with van der Waals surface area (Å²) in [7, 11) is 1.67. The Labute approximate surface area is 150 Å². The van der Waals surface area contributed by atoms with Crippen LogP contribution in [0.1, 0.15) is 31.9 Å². The van der Waals surface area contributed by atoms with Gasteiger partial charge in [0, 0.05) is 45.9 Å². The maximum atomic E-state index is 12.4. The van der Waals surface area contributed by atoms with Crippen LogP contribution in [0.5, 0.6) is 0 Å². The summed E-state index contributed by atoms with van der Waals surface area (Å²) in [5, 5.41) is 13.0. The molecule has 1 aliphatic rings. The Hall–Kier alpha value is -1.63. The number of benzene rings is 1. The molecule has 1 unspecified atom stereocenters. The van der Waals surface area contributed by atoms with E-state index >= 15 is 0 Å². The summed E-state index contributed by atoms with van der Waals surface area (Å²) >= 11 is 0. The van der Waals surface area contributed by atoms with E-state index in [2.05, 4.69) is 17.1 Å². The van der Waals surface area contributed by atoms with E-state index in [1.807, 2.05) is 43.0 Å². The SMILES string of the molecule is COCc1cccc(CNC(=O)N2CCN(CC(C)(C)O)C(C)C2)c1. The van der Waals surface area contributed by atoms with Gasteiger partial charge in [-0.3, -0.25) is 4.90 Å². The number of hydrogen-bond acceptors (Lipinski definition) is 4. The zero-order chi connectivity index (χ0) is 18.4. The van der Waals surface area contributed by atoms with Crippen LogP contribution < -0.4 is 5.32 Å². The third kappa shape index (κ3) is 6.30. The number of rotatable bonds is 6. The van der Waals surface area contributed by atoms with Crippen molar-refractivity contribution in [2.24, 2.45) is 0 Å². The minimum absolute atomic E-state index is 0.0353. The number of nitrogens with one attached hydrogen (secondary N) is 1. The third-order valence-corrected chi connectivity index (χ3v) is 4.39. The van der Waals surface area contributed by atoms with Crippen molar-refractivity contribution in [1.29, 1.82) is 0 Å². The van der Waals surface area contributed by atoms with Crippen LogP contribution >= 0.6 is 0 Å². The van der Waals surface area contributed by atoms with Crippen LogP contribution in [-0.2, 0) is 17.9 Å². The van der Waals surface area contributed by atoms with Gasteiger partial charge in [-0.15, -0.1) is 0 Å². The average Bonchev–Trinajstić information content (AvgIpc) is 2.54. The maximum Gasteiger partial charge on any atom is 0.317 e. The molecule has 1 saturated heterocycles. The van der Waals surface area contributed by atoms with Crippen LogP contribution in [0.3, 0.4) is 0 Å². The molecule has 0 bridgehead atoms. The number of amides is 2. The zero-order valence-corrected chi connectivity index (χ0v) is 15.8. The van der Waals surface area contributed by atoms with Crippen molar-refractivity contribution >= 4 is 6.03 Å². The molecule has 1 atom stereocenters. The molecule has 1 aromatic rings. The lowest BCUT2D eigenvalue weighted by atomic mass is 10.1. The lowest BCUT2D eigenvalue weighted by Gasteiger charge is -2.41. The van der Waals surface area contributed by atoms with Crippen molar-refractivity contribution in [2.75, 3.05) is 33.3 Å². The molecule has 6 heteroatoms. The smallest absolute Gasteiger partial charge is 0.317 e. The van der Waals surface area contributed by atoms with E-state index in [4.69, 9.17) is 4.74 Å². The summed E-state index contributed by atoms with van der Waals surface area (Å²) < 4.78 is 5.14. The first kappa shape index (κ1) is 19.7. The molecule has 2 N–H and O–H groups in total. The van der Waals surface area contributed by atoms with Gasteiger partial charge in [-0.1, -0.05) is 24.3 Å². The topological polar surface area (TPSA) is 65.0 Å². The first-order valence-corrected chi connectivity index (χ1v) is 8.84. The Morgan fingerprint density at radius 3 is 2.72 bits per heavy atom. The Balaban J connectivity index is 1.83. The number of methoxy groups -OCH3 is 1. The molecule has 2 rings (SSSR count). The second kappa shape index (κ2) is 8.65. The molecule has 0 radical (unpaired) electrons. The van der Waals surface area contributed by atoms with Crippen molar-refractivity contribution in [3.8, 4) is 0 Å². The van der Waals surface area contributed by atoms with E-state index in [1.54, 1.807) is 7.11 Å². The highest BCUT2D eigenvalue weighted by molar-refractivity contribution is 5.74. The molecular formula is C19H31N3O3. The molecule has 0 aromatic heterocycles. The van der Waals surface area contributed by atoms with Crippen LogP contribution in [0.2, 0.25) is 0 Å². The predicted molar refractivity (Wildman–Crippen MR) is 98.3 cm³/mol. The summed E-state index contributed by atoms with van der Waals surface area (Å²) in [4.78, 5) is 16.5. The largest absolute Gasteiger partial charge is 0.389 e. The van der Waals surface area contributed by atoms with Gasteiger partial charge >= 0.3 is 6.03 Å². The zero-order valence-electron chi connectivity index (χ0n) is 15.8. The van der Waals surface area contributed by atoms with E-state index in [0.29, 0.717) is 32.8 Å². The van der Waals surface area contributed by atoms with Crippen molar-refractivity contribution in [1.82, 2.24) is 15.1 Å². The van der Waals surface area contributed by atoms with Gasteiger partial charge < -0.3 is 20.1 Å². The van der Waals surface area contributed by atoms with Gasteiger partial charge in [0.2, 0.25) is 0 Å². The van der Waals surface area contributed by atoms with Crippen LogP contribution in [0.25, 0.3) is 0 Å². The highest BCUT2D eigenvalue weighted by Crippen LogP contribution is 2.14. The second-order valence-electron chi connectivity index (χ2n) is 7.49. The molecular weight excluding hydrogens is 318 g/mol. The third-order valence-electron chi connectivity index (χ3n) is 4.39. The molecule has 1 aromatic carbocycles. The molecule has 0 saturated carbocycles. The van der Waals surface area contributed by atoms with Gasteiger partial charge in [-0.2, -0.15) is 0 Å². The summed E-state index contributed by atoms with van der Waals surface area (Å²) in [6.45, 7) is 9.56. The van der Waals surface area contributed by atoms with Crippen LogP contribution in [0.15, 0.2) is 24.3 Å². The normalized spacial score (nSPS) is 19.1. The first-order valence-electron chi connectivity index (χ1n) is 8.84. The lowest BCUT2D eigenvalue weighted by Crippen LogP contribution is -2.57. The number of β-amino-alcohol motifs (C(OH)–C–C–N with tert-alkyl or cyclic N) is 1. The van der Waals surface area contributed by atoms with Gasteiger partial charge in [-0.25, -0.2) is 4.79 Å². The summed E-state index contributed by atoms with van der Waals surface area (Å²) in [5.41, 5.74) is 1.45. The van der Waals surface area contributed by atoms with Gasteiger partial charge in [0.15, 0.2) is 0 Å². The average molecular weight is 349 g/mol. The summed E-state index contributed by atoms with van der Waals surface area (Å²) in [6, 6.07) is 8.24. The molecule has 1 heterocycles. The quantitative estimate of drug-likeness (QED) is 0.822. The minimum atomic E-state index is -0.716. The Morgan fingerprint density at radius 1 is 1.36 bits per heavy atom. The lowest BCUT2D eigenvalue weighted by molar-refractivity contribution is 0.00291. The summed E-state index contributed by atoms with van der Waals surface area (Å²) in [6.07, 6.45) is 0. The maximum absolute atomic E-state index is 12.4. The molecule has 1 aliphatic heterocycles. The van der Waals surface area contributed by atoms with Gasteiger partial charge in [0.1, 0.15) is 0 Å². The molecule has 25 heavy (non-hydrogen) atoms. The van der Waals surface area contributed by atoms with E-state index in [-0.39, 0.29) is 12.1 Å². The van der Waals surface area contributed by atoms with E-state index < -0.39 is 5.60 Å². The highest BCUT2D eigenvalue weighted by Gasteiger charge is 2.29. The number of aliphatic hydroxyl groups is 1. The molecule has 0 aliphatic carbocycles. The number of urea groups is 1. The van der Waals surface area contributed by atoms with Crippen molar-refractivity contribution in [2.45, 2.75) is 45.6 Å². The highest BCUT2D eigenvalue weighted by atomic mass is 16.5. The molecule has 1 fully saturated rings. The second-order valence-corrected chi connectivity index (χ2v) is 7.49. The fourth-order valence-corrected chi connectivity index (χ4v) is 3.20. The molecule has 140 valence electrons. The Bertz CT molecular complexity index is 571. The van der Waals surface area contributed by atoms with Crippen LogP contribution in [-0.4, -0.2) is 65.9 Å². The number of carbonyl (C=O) groups is 1. The van der Waals surface area contributed by atoms with E-state index in [9.17, 15) is 9.90 Å². The number of carbonyl (C=O) groups excluding carboxylic acids is 1. The fourth-order valence-electron chi connectivity index (χ4n) is 3.20. The van der Waals surface area contributed by atoms with E-state index in [1.165, 1.54) is 0 Å². The fraction of sp³-hybridized carbons (Fsp3) is 0.632. The van der Waals surface area contributed by atoms with Gasteiger partial charge in [0.25, 0.3) is 0 Å². The van der Waals surface area contributed by atoms with Crippen molar-refractivity contribution in [3.63, 3.8) is 0 Å². The van der Waals surface area contributed by atoms with Gasteiger partial charge in [0.05, 0.1) is 12.2 Å². The van der Waals surface area contributed by atoms with Gasteiger partial charge in [-0.05, 0) is 31.9 Å². The molecule has 6 nitrogen and oxygen atoms in total. The Kier molecular flexibility index (Phi) is 6.81. The van der Waals surface area contributed by atoms with E-state index in [0.717, 1.165) is 17.7 Å².